The van der Waals surface area contributed by atoms with Crippen molar-refractivity contribution in [3.8, 4) is 11.8 Å². The van der Waals surface area contributed by atoms with Gasteiger partial charge in [0.1, 0.15) is 11.8 Å². The Labute approximate surface area is 161 Å². The number of para-hydroxylation sites is 1. The van der Waals surface area contributed by atoms with Crippen molar-refractivity contribution in [2.24, 2.45) is 5.92 Å². The van der Waals surface area contributed by atoms with Crippen molar-refractivity contribution >= 4 is 17.3 Å². The number of nitriles is 1. The van der Waals surface area contributed by atoms with E-state index < -0.39 is 6.10 Å². The quantitative estimate of drug-likeness (QED) is 0.751. The summed E-state index contributed by atoms with van der Waals surface area (Å²) in [6.45, 7) is 9.94. The summed E-state index contributed by atoms with van der Waals surface area (Å²) >= 11 is 0. The van der Waals surface area contributed by atoms with Crippen LogP contribution in [0.1, 0.15) is 33.3 Å². The normalized spacial score (nSPS) is 11.6. The molecule has 0 saturated carbocycles. The smallest absolute Gasteiger partial charge is 0.265 e. The van der Waals surface area contributed by atoms with Crippen LogP contribution in [0.5, 0.6) is 5.75 Å². The minimum Gasteiger partial charge on any atom is -0.479 e. The monoisotopic (exact) mass is 365 g/mol. The Kier molecular flexibility index (Phi) is 7.25. The first-order chi connectivity index (χ1) is 13.0. The number of amides is 1. The van der Waals surface area contributed by atoms with Crippen LogP contribution >= 0.6 is 0 Å². The zero-order chi connectivity index (χ0) is 19.8. The van der Waals surface area contributed by atoms with Gasteiger partial charge in [-0.25, -0.2) is 0 Å². The Morgan fingerprint density at radius 3 is 2.30 bits per heavy atom. The summed E-state index contributed by atoms with van der Waals surface area (Å²) in [4.78, 5) is 15.0. The third kappa shape index (κ3) is 5.24. The number of hydrogen-bond donors (Lipinski definition) is 1. The van der Waals surface area contributed by atoms with Gasteiger partial charge in [-0.2, -0.15) is 5.26 Å². The summed E-state index contributed by atoms with van der Waals surface area (Å²) in [7, 11) is 0. The van der Waals surface area contributed by atoms with E-state index in [1.54, 1.807) is 24.3 Å². The molecule has 0 spiro atoms. The zero-order valence-electron chi connectivity index (χ0n) is 16.4. The maximum absolute atomic E-state index is 12.8. The van der Waals surface area contributed by atoms with Crippen molar-refractivity contribution in [1.82, 2.24) is 0 Å². The number of benzene rings is 2. The van der Waals surface area contributed by atoms with Crippen LogP contribution in [-0.2, 0) is 4.79 Å². The number of hydrogen-bond acceptors (Lipinski definition) is 4. The van der Waals surface area contributed by atoms with Gasteiger partial charge in [0.05, 0.1) is 5.56 Å². The molecule has 0 saturated heterocycles. The molecule has 0 heterocycles. The van der Waals surface area contributed by atoms with Crippen molar-refractivity contribution in [2.45, 2.75) is 33.8 Å². The molecule has 1 amide bonds. The first-order valence-corrected chi connectivity index (χ1v) is 9.31. The maximum Gasteiger partial charge on any atom is 0.265 e. The fourth-order valence-electron chi connectivity index (χ4n) is 2.85. The lowest BCUT2D eigenvalue weighted by molar-refractivity contribution is -0.124. The molecule has 0 aliphatic rings. The first kappa shape index (κ1) is 20.3. The largest absolute Gasteiger partial charge is 0.479 e. The molecule has 1 unspecified atom stereocenters. The highest BCUT2D eigenvalue weighted by molar-refractivity contribution is 5.94. The average molecular weight is 365 g/mol. The van der Waals surface area contributed by atoms with Gasteiger partial charge < -0.3 is 15.0 Å². The van der Waals surface area contributed by atoms with Crippen molar-refractivity contribution in [2.75, 3.05) is 23.3 Å². The Balaban J connectivity index is 2.12. The molecule has 0 aliphatic heterocycles. The van der Waals surface area contributed by atoms with E-state index in [1.807, 2.05) is 38.1 Å². The number of nitrogens with zero attached hydrogens (tertiary/aromatic N) is 2. The number of rotatable bonds is 8. The highest BCUT2D eigenvalue weighted by Crippen LogP contribution is 2.22. The molecule has 0 radical (unpaired) electrons. The molecule has 5 nitrogen and oxygen atoms in total. The summed E-state index contributed by atoms with van der Waals surface area (Å²) in [5.41, 5.74) is 2.26. The van der Waals surface area contributed by atoms with Gasteiger partial charge in [-0.05, 0) is 56.2 Å². The van der Waals surface area contributed by atoms with Crippen LogP contribution in [0, 0.1) is 17.2 Å². The van der Waals surface area contributed by atoms with Gasteiger partial charge in [0, 0.05) is 24.5 Å². The van der Waals surface area contributed by atoms with E-state index in [0.717, 1.165) is 24.5 Å². The summed E-state index contributed by atoms with van der Waals surface area (Å²) in [5.74, 6) is 0.144. The van der Waals surface area contributed by atoms with Crippen LogP contribution in [0.25, 0.3) is 0 Å². The van der Waals surface area contributed by atoms with Gasteiger partial charge in [0.2, 0.25) is 0 Å². The van der Waals surface area contributed by atoms with E-state index in [2.05, 4.69) is 30.1 Å². The minimum atomic E-state index is -0.693. The van der Waals surface area contributed by atoms with Crippen LogP contribution < -0.4 is 15.0 Å². The van der Waals surface area contributed by atoms with E-state index in [0.29, 0.717) is 11.3 Å². The van der Waals surface area contributed by atoms with Crippen LogP contribution in [0.15, 0.2) is 48.5 Å². The van der Waals surface area contributed by atoms with Crippen LogP contribution in [0.2, 0.25) is 0 Å². The molecule has 0 aromatic heterocycles. The molecular formula is C22H27N3O2. The highest BCUT2D eigenvalue weighted by Gasteiger charge is 2.25. The minimum absolute atomic E-state index is 0.0494. The number of carbonyl (C=O) groups excluding carboxylic acids is 1. The summed E-state index contributed by atoms with van der Waals surface area (Å²) in [6.07, 6.45) is -0.693. The Morgan fingerprint density at radius 1 is 1.11 bits per heavy atom. The second kappa shape index (κ2) is 9.63. The van der Waals surface area contributed by atoms with Crippen molar-refractivity contribution in [3.05, 3.63) is 54.1 Å². The Bertz CT molecular complexity index is 790. The molecule has 0 aliphatic carbocycles. The third-order valence-electron chi connectivity index (χ3n) is 4.39. The molecular weight excluding hydrogens is 338 g/mol. The second-order valence-corrected chi connectivity index (χ2v) is 6.60. The lowest BCUT2D eigenvalue weighted by Crippen LogP contribution is -2.37. The lowest BCUT2D eigenvalue weighted by atomic mass is 10.1. The van der Waals surface area contributed by atoms with E-state index >= 15 is 0 Å². The van der Waals surface area contributed by atoms with Crippen LogP contribution in [0.4, 0.5) is 11.4 Å². The summed E-state index contributed by atoms with van der Waals surface area (Å²) in [5, 5.41) is 12.1. The molecule has 27 heavy (non-hydrogen) atoms. The number of nitrogens with one attached hydrogen (secondary N) is 1. The van der Waals surface area contributed by atoms with Gasteiger partial charge in [-0.3, -0.25) is 4.79 Å². The molecule has 1 atom stereocenters. The second-order valence-electron chi connectivity index (χ2n) is 6.60. The topological polar surface area (TPSA) is 65.4 Å². The molecule has 0 fully saturated rings. The predicted octanol–water partition coefficient (Wildman–Crippen LogP) is 4.45. The standard InChI is InChI=1S/C22H27N3O2/c1-5-25(6-2)19-13-11-18(12-14-19)24-22(26)21(16(3)4)27-20-10-8-7-9-17(20)15-23/h7-14,16,21H,5-6H2,1-4H3,(H,24,26). The molecule has 1 N–H and O–H groups in total. The van der Waals surface area contributed by atoms with Gasteiger partial charge in [0.25, 0.3) is 5.91 Å². The van der Waals surface area contributed by atoms with E-state index in [4.69, 9.17) is 4.74 Å². The molecule has 2 aromatic rings. The van der Waals surface area contributed by atoms with Crippen molar-refractivity contribution < 1.29 is 9.53 Å². The molecule has 2 aromatic carbocycles. The van der Waals surface area contributed by atoms with Gasteiger partial charge in [-0.15, -0.1) is 0 Å². The van der Waals surface area contributed by atoms with E-state index in [-0.39, 0.29) is 11.8 Å². The number of ether oxygens (including phenoxy) is 1. The first-order valence-electron chi connectivity index (χ1n) is 9.31. The molecule has 2 rings (SSSR count). The summed E-state index contributed by atoms with van der Waals surface area (Å²) in [6, 6.07) is 16.8. The SMILES string of the molecule is CCN(CC)c1ccc(NC(=O)C(Oc2ccccc2C#N)C(C)C)cc1. The van der Waals surface area contributed by atoms with Crippen molar-refractivity contribution in [1.29, 1.82) is 5.26 Å². The van der Waals surface area contributed by atoms with Gasteiger partial charge >= 0.3 is 0 Å². The predicted molar refractivity (Wildman–Crippen MR) is 109 cm³/mol. The zero-order valence-corrected chi connectivity index (χ0v) is 16.4. The maximum atomic E-state index is 12.8. The number of anilines is 2. The fourth-order valence-corrected chi connectivity index (χ4v) is 2.85. The lowest BCUT2D eigenvalue weighted by Gasteiger charge is -2.23. The van der Waals surface area contributed by atoms with E-state index in [1.165, 1.54) is 0 Å². The highest BCUT2D eigenvalue weighted by atomic mass is 16.5. The molecule has 5 heteroatoms. The van der Waals surface area contributed by atoms with E-state index in [9.17, 15) is 10.1 Å². The fraction of sp³-hybridized carbons (Fsp3) is 0.364. The van der Waals surface area contributed by atoms with Gasteiger partial charge in [0.15, 0.2) is 6.10 Å². The van der Waals surface area contributed by atoms with Gasteiger partial charge in [-0.1, -0.05) is 26.0 Å². The average Bonchev–Trinajstić information content (AvgIpc) is 2.68. The Hall–Kier alpha value is -3.00. The summed E-state index contributed by atoms with van der Waals surface area (Å²) < 4.78 is 5.89. The molecule has 0 bridgehead atoms. The third-order valence-corrected chi connectivity index (χ3v) is 4.39. The number of carbonyl (C=O) groups is 1. The van der Waals surface area contributed by atoms with Crippen molar-refractivity contribution in [3.63, 3.8) is 0 Å². The van der Waals surface area contributed by atoms with Crippen LogP contribution in [-0.4, -0.2) is 25.1 Å². The Morgan fingerprint density at radius 2 is 1.74 bits per heavy atom. The molecule has 142 valence electrons. The van der Waals surface area contributed by atoms with Crippen LogP contribution in [0.3, 0.4) is 0 Å².